The summed E-state index contributed by atoms with van der Waals surface area (Å²) in [7, 11) is -3.69. The summed E-state index contributed by atoms with van der Waals surface area (Å²) in [6.07, 6.45) is 6.72. The number of nitrogens with zero attached hydrogens (tertiary/aromatic N) is 1. The van der Waals surface area contributed by atoms with Gasteiger partial charge in [0.25, 0.3) is 0 Å². The molecule has 0 bridgehead atoms. The van der Waals surface area contributed by atoms with E-state index in [2.05, 4.69) is 39.8 Å². The molecule has 0 spiro atoms. The Balaban J connectivity index is 2.15. The van der Waals surface area contributed by atoms with Gasteiger partial charge in [-0.15, -0.1) is 0 Å². The second-order valence-corrected chi connectivity index (χ2v) is 25.7. The Morgan fingerprint density at radius 1 is 0.829 bits per heavy atom. The minimum atomic E-state index is -3.69. The van der Waals surface area contributed by atoms with Gasteiger partial charge in [-0.05, 0) is 0 Å². The quantitative estimate of drug-likeness (QED) is 0.218. The van der Waals surface area contributed by atoms with Gasteiger partial charge in [-0.1, -0.05) is 0 Å². The van der Waals surface area contributed by atoms with Crippen LogP contribution in [-0.4, -0.2) is 41.4 Å². The molecule has 0 N–H and O–H groups in total. The van der Waals surface area contributed by atoms with Gasteiger partial charge in [0.15, 0.2) is 0 Å². The Morgan fingerprint density at radius 3 is 1.83 bits per heavy atom. The van der Waals surface area contributed by atoms with Gasteiger partial charge in [0, 0.05) is 0 Å². The third-order valence-corrected chi connectivity index (χ3v) is 25.9. The van der Waals surface area contributed by atoms with Crippen molar-refractivity contribution in [1.29, 1.82) is 0 Å². The first kappa shape index (κ1) is 28.7. The summed E-state index contributed by atoms with van der Waals surface area (Å²) in [5.74, 6) is 0. The van der Waals surface area contributed by atoms with Crippen molar-refractivity contribution in [2.75, 3.05) is 0 Å². The summed E-state index contributed by atoms with van der Waals surface area (Å²) in [6, 6.07) is 17.3. The van der Waals surface area contributed by atoms with Crippen LogP contribution in [0.25, 0.3) is 0 Å². The molecule has 1 fully saturated rings. The molecular weight excluding hydrogens is 561 g/mol. The number of hydrogen-bond acceptors (Lipinski definition) is 3. The molecule has 1 aliphatic rings. The Hall–Kier alpha value is -0.891. The average molecular weight is 606 g/mol. The average Bonchev–Trinajstić information content (AvgIpc) is 3.23. The van der Waals surface area contributed by atoms with E-state index in [0.29, 0.717) is 4.90 Å². The van der Waals surface area contributed by atoms with E-state index in [0.717, 1.165) is 30.4 Å². The van der Waals surface area contributed by atoms with Crippen LogP contribution in [-0.2, 0) is 14.8 Å². The predicted molar refractivity (Wildman–Crippen MR) is 149 cm³/mol. The van der Waals surface area contributed by atoms with Gasteiger partial charge in [0.05, 0.1) is 0 Å². The van der Waals surface area contributed by atoms with Crippen LogP contribution in [0.5, 0.6) is 0 Å². The third kappa shape index (κ3) is 6.52. The van der Waals surface area contributed by atoms with Crippen molar-refractivity contribution in [2.24, 2.45) is 0 Å². The Bertz CT molecular complexity index is 988. The van der Waals surface area contributed by atoms with Crippen molar-refractivity contribution in [1.82, 2.24) is 4.31 Å². The number of unbranched alkanes of at least 4 members (excludes halogenated alkanes) is 3. The molecule has 0 amide bonds. The number of aryl methyl sites for hydroxylation is 1. The molecule has 1 aliphatic heterocycles. The fourth-order valence-electron chi connectivity index (χ4n) is 5.58. The molecule has 1 saturated heterocycles. The first-order chi connectivity index (χ1) is 16.8. The van der Waals surface area contributed by atoms with E-state index < -0.39 is 28.4 Å². The van der Waals surface area contributed by atoms with E-state index in [4.69, 9.17) is 4.74 Å². The second-order valence-electron chi connectivity index (χ2n) is 10.4. The molecule has 0 aromatic heterocycles. The van der Waals surface area contributed by atoms with Gasteiger partial charge in [-0.25, -0.2) is 0 Å². The zero-order valence-electron chi connectivity index (χ0n) is 22.4. The van der Waals surface area contributed by atoms with Crippen LogP contribution in [0.2, 0.25) is 13.3 Å². The molecule has 3 rings (SSSR count). The van der Waals surface area contributed by atoms with Gasteiger partial charge in [0.1, 0.15) is 0 Å². The molecule has 2 aromatic rings. The van der Waals surface area contributed by atoms with E-state index in [1.165, 1.54) is 32.6 Å². The second kappa shape index (κ2) is 13.1. The molecular formula is C29H45NO3SSn. The van der Waals surface area contributed by atoms with E-state index in [9.17, 15) is 8.42 Å². The van der Waals surface area contributed by atoms with Gasteiger partial charge in [-0.3, -0.25) is 0 Å². The number of sulfonamides is 1. The number of ether oxygens (including phenoxy) is 1. The first-order valence-electron chi connectivity index (χ1n) is 13.6. The number of hydrogen-bond donors (Lipinski definition) is 0. The van der Waals surface area contributed by atoms with Crippen LogP contribution in [0.15, 0.2) is 59.5 Å². The zero-order chi connectivity index (χ0) is 25.5. The molecule has 4 nitrogen and oxygen atoms in total. The first-order valence-corrected chi connectivity index (χ1v) is 22.8. The van der Waals surface area contributed by atoms with Crippen molar-refractivity contribution < 1.29 is 13.2 Å². The molecule has 0 radical (unpaired) electrons. The van der Waals surface area contributed by atoms with Gasteiger partial charge in [0.2, 0.25) is 0 Å². The van der Waals surface area contributed by atoms with Crippen LogP contribution in [0, 0.1) is 6.92 Å². The minimum absolute atomic E-state index is 0.234. The molecule has 1 heterocycles. The molecule has 35 heavy (non-hydrogen) atoms. The third-order valence-electron chi connectivity index (χ3n) is 7.68. The van der Waals surface area contributed by atoms with Crippen molar-refractivity contribution in [3.05, 3.63) is 65.7 Å². The summed E-state index contributed by atoms with van der Waals surface area (Å²) >= 11 is -3.13. The Labute approximate surface area is 218 Å². The molecule has 194 valence electrons. The summed E-state index contributed by atoms with van der Waals surface area (Å²) < 4.78 is 40.8. The SMILES string of the molecule is CCC[CH2][Sn]([CH2]CCC)([CH2]CCC)[C@H]1O[C@H](c2ccccc2)[C@@H](C)N1S(=O)(=O)c1ccc(C)cc1. The molecule has 0 unspecified atom stereocenters. The van der Waals surface area contributed by atoms with Crippen molar-refractivity contribution in [3.8, 4) is 0 Å². The molecule has 0 saturated carbocycles. The van der Waals surface area contributed by atoms with E-state index in [1.807, 2.05) is 41.6 Å². The number of rotatable bonds is 13. The van der Waals surface area contributed by atoms with Crippen LogP contribution in [0.1, 0.15) is 83.5 Å². The van der Waals surface area contributed by atoms with Gasteiger partial charge >= 0.3 is 219 Å². The van der Waals surface area contributed by atoms with Crippen molar-refractivity contribution >= 4 is 28.4 Å². The van der Waals surface area contributed by atoms with Crippen LogP contribution in [0.3, 0.4) is 0 Å². The molecule has 0 aliphatic carbocycles. The van der Waals surface area contributed by atoms with Gasteiger partial charge < -0.3 is 0 Å². The maximum atomic E-state index is 14.3. The molecule has 3 atom stereocenters. The zero-order valence-corrected chi connectivity index (χ0v) is 26.0. The Morgan fingerprint density at radius 2 is 1.34 bits per heavy atom. The summed E-state index contributed by atoms with van der Waals surface area (Å²) in [5.41, 5.74) is 2.14. The fraction of sp³-hybridized carbons (Fsp3) is 0.586. The van der Waals surface area contributed by atoms with Crippen LogP contribution < -0.4 is 0 Å². The number of benzene rings is 2. The van der Waals surface area contributed by atoms with E-state index in [1.54, 1.807) is 12.1 Å². The summed E-state index contributed by atoms with van der Waals surface area (Å²) in [6.45, 7) is 10.8. The predicted octanol–water partition coefficient (Wildman–Crippen LogP) is 7.86. The van der Waals surface area contributed by atoms with E-state index in [-0.39, 0.29) is 16.4 Å². The van der Waals surface area contributed by atoms with Crippen molar-refractivity contribution in [3.63, 3.8) is 0 Å². The molecule has 6 heteroatoms. The van der Waals surface area contributed by atoms with E-state index >= 15 is 0 Å². The van der Waals surface area contributed by atoms with Crippen molar-refractivity contribution in [2.45, 2.75) is 108 Å². The summed E-state index contributed by atoms with van der Waals surface area (Å²) in [4.78, 5) is 0.388. The van der Waals surface area contributed by atoms with Crippen LogP contribution in [0.4, 0.5) is 0 Å². The fourth-order valence-corrected chi connectivity index (χ4v) is 26.6. The topological polar surface area (TPSA) is 46.6 Å². The van der Waals surface area contributed by atoms with Gasteiger partial charge in [-0.2, -0.15) is 0 Å². The monoisotopic (exact) mass is 607 g/mol. The maximum absolute atomic E-state index is 14.3. The standard InChI is InChI=1S/C17H18NO3S.3C4H9.Sn/c1-13-8-10-16(11-9-13)22(19,20)18-12-21-17(14(18)2)15-6-4-3-5-7-15;3*1-3-4-2;/h3-12,14,17H,1-2H3;3*1,3-4H2,2H3;/t14-,17+;;;;/m1..../s1. The molecule has 2 aromatic carbocycles. The summed E-state index contributed by atoms with van der Waals surface area (Å²) in [5, 5.41) is 0. The normalized spacial score (nSPS) is 21.5. The van der Waals surface area contributed by atoms with Crippen LogP contribution >= 0.6 is 0 Å². The Kier molecular flexibility index (Phi) is 10.7.